The largest absolute Gasteiger partial charge is 0.489 e. The van der Waals surface area contributed by atoms with Gasteiger partial charge in [-0.15, -0.1) is 0 Å². The Bertz CT molecular complexity index is 1240. The number of carbonyl (C=O) groups excluding carboxylic acids is 2. The Kier molecular flexibility index (Phi) is 7.45. The molecule has 1 heterocycles. The van der Waals surface area contributed by atoms with E-state index < -0.39 is 12.0 Å². The normalized spacial score (nSPS) is 15.5. The minimum Gasteiger partial charge on any atom is -0.489 e. The van der Waals surface area contributed by atoms with E-state index in [-0.39, 0.29) is 5.91 Å². The molecule has 0 spiro atoms. The molecule has 3 aromatic carbocycles. The van der Waals surface area contributed by atoms with Gasteiger partial charge in [-0.2, -0.15) is 0 Å². The summed E-state index contributed by atoms with van der Waals surface area (Å²) in [4.78, 5) is 27.6. The summed E-state index contributed by atoms with van der Waals surface area (Å²) < 4.78 is 11.2. The van der Waals surface area contributed by atoms with Gasteiger partial charge in [-0.3, -0.25) is 9.69 Å². The standard InChI is InChI=1S/C27H23NO4S2/c1-18-7-6-8-20(15-18)17-32-22-13-11-19(12-14-22)16-23-25(29)28(27(33)34-23)24(26(30)31-2)21-9-4-3-5-10-21/h3-16,24H,17H2,1-2H3/b23-16+. The van der Waals surface area contributed by atoms with Crippen LogP contribution in [0.3, 0.4) is 0 Å². The van der Waals surface area contributed by atoms with Crippen LogP contribution in [0.1, 0.15) is 28.3 Å². The van der Waals surface area contributed by atoms with Crippen LogP contribution in [0.5, 0.6) is 5.75 Å². The molecule has 1 unspecified atom stereocenters. The molecule has 0 radical (unpaired) electrons. The van der Waals surface area contributed by atoms with Crippen molar-refractivity contribution in [1.82, 2.24) is 4.90 Å². The lowest BCUT2D eigenvalue weighted by molar-refractivity contribution is -0.148. The average Bonchev–Trinajstić information content (AvgIpc) is 3.12. The lowest BCUT2D eigenvalue weighted by Crippen LogP contribution is -2.37. The summed E-state index contributed by atoms with van der Waals surface area (Å²) in [7, 11) is 1.30. The molecule has 0 saturated carbocycles. The Morgan fingerprint density at radius 2 is 1.79 bits per heavy atom. The number of hydrogen-bond donors (Lipinski definition) is 0. The number of carbonyl (C=O) groups is 2. The molecule has 1 aliphatic rings. The second-order valence-corrected chi connectivity index (χ2v) is 9.41. The number of nitrogens with zero attached hydrogens (tertiary/aromatic N) is 1. The van der Waals surface area contributed by atoms with Crippen LogP contribution >= 0.6 is 24.0 Å². The van der Waals surface area contributed by atoms with Gasteiger partial charge in [0.1, 0.15) is 16.7 Å². The average molecular weight is 490 g/mol. The van der Waals surface area contributed by atoms with Crippen LogP contribution in [0.2, 0.25) is 0 Å². The molecular weight excluding hydrogens is 466 g/mol. The first kappa shape index (κ1) is 23.7. The van der Waals surface area contributed by atoms with Crippen LogP contribution < -0.4 is 4.74 Å². The molecule has 1 amide bonds. The van der Waals surface area contributed by atoms with Gasteiger partial charge in [0, 0.05) is 0 Å². The maximum absolute atomic E-state index is 13.2. The third-order valence-electron chi connectivity index (χ3n) is 5.29. The molecule has 34 heavy (non-hydrogen) atoms. The highest BCUT2D eigenvalue weighted by molar-refractivity contribution is 8.26. The third kappa shape index (κ3) is 5.38. The van der Waals surface area contributed by atoms with Gasteiger partial charge >= 0.3 is 5.97 Å². The summed E-state index contributed by atoms with van der Waals surface area (Å²) in [6, 6.07) is 23.8. The summed E-state index contributed by atoms with van der Waals surface area (Å²) in [5, 5.41) is 0. The molecule has 0 N–H and O–H groups in total. The van der Waals surface area contributed by atoms with E-state index >= 15 is 0 Å². The van der Waals surface area contributed by atoms with Gasteiger partial charge in [-0.05, 0) is 41.8 Å². The Labute approximate surface area is 208 Å². The quantitative estimate of drug-likeness (QED) is 0.241. The van der Waals surface area contributed by atoms with Gasteiger partial charge in [0.15, 0.2) is 6.04 Å². The predicted molar refractivity (Wildman–Crippen MR) is 138 cm³/mol. The fourth-order valence-corrected chi connectivity index (χ4v) is 4.93. The topological polar surface area (TPSA) is 55.8 Å². The molecule has 1 atom stereocenters. The number of thiocarbonyl (C=S) groups is 1. The highest BCUT2D eigenvalue weighted by Gasteiger charge is 2.41. The lowest BCUT2D eigenvalue weighted by atomic mass is 10.1. The Balaban J connectivity index is 1.49. The minimum atomic E-state index is -0.929. The highest BCUT2D eigenvalue weighted by atomic mass is 32.2. The van der Waals surface area contributed by atoms with Crippen molar-refractivity contribution < 1.29 is 19.1 Å². The predicted octanol–water partition coefficient (Wildman–Crippen LogP) is 5.69. The second kappa shape index (κ2) is 10.7. The highest BCUT2D eigenvalue weighted by Crippen LogP contribution is 2.38. The number of thioether (sulfide) groups is 1. The lowest BCUT2D eigenvalue weighted by Gasteiger charge is -2.24. The van der Waals surface area contributed by atoms with Gasteiger partial charge in [-0.1, -0.05) is 96.3 Å². The molecule has 1 fully saturated rings. The second-order valence-electron chi connectivity index (χ2n) is 7.73. The van der Waals surface area contributed by atoms with Crippen LogP contribution in [0.15, 0.2) is 83.8 Å². The van der Waals surface area contributed by atoms with E-state index in [0.717, 1.165) is 16.9 Å². The van der Waals surface area contributed by atoms with E-state index in [4.69, 9.17) is 21.7 Å². The van der Waals surface area contributed by atoms with E-state index in [1.807, 2.05) is 55.5 Å². The minimum absolute atomic E-state index is 0.314. The summed E-state index contributed by atoms with van der Waals surface area (Å²) in [5.74, 6) is -0.131. The number of ether oxygens (including phenoxy) is 2. The van der Waals surface area contributed by atoms with E-state index in [0.29, 0.717) is 21.4 Å². The third-order valence-corrected chi connectivity index (χ3v) is 6.62. The van der Waals surface area contributed by atoms with Crippen LogP contribution in [0.25, 0.3) is 6.08 Å². The van der Waals surface area contributed by atoms with Crippen molar-refractivity contribution >= 4 is 46.3 Å². The molecule has 5 nitrogen and oxygen atoms in total. The summed E-state index contributed by atoms with van der Waals surface area (Å²) in [6.07, 6.45) is 1.77. The Morgan fingerprint density at radius 1 is 1.06 bits per heavy atom. The number of aryl methyl sites for hydroxylation is 1. The van der Waals surface area contributed by atoms with Crippen molar-refractivity contribution in [2.75, 3.05) is 7.11 Å². The molecule has 0 aromatic heterocycles. The van der Waals surface area contributed by atoms with Gasteiger partial charge in [0.25, 0.3) is 5.91 Å². The van der Waals surface area contributed by atoms with Crippen molar-refractivity contribution in [3.63, 3.8) is 0 Å². The van der Waals surface area contributed by atoms with Crippen LogP contribution in [0.4, 0.5) is 0 Å². The van der Waals surface area contributed by atoms with Crippen LogP contribution in [-0.4, -0.2) is 28.2 Å². The summed E-state index contributed by atoms with van der Waals surface area (Å²) >= 11 is 6.63. The van der Waals surface area contributed by atoms with Crippen LogP contribution in [-0.2, 0) is 20.9 Å². The number of esters is 1. The van der Waals surface area contributed by atoms with Gasteiger partial charge in [0.2, 0.25) is 0 Å². The Morgan fingerprint density at radius 3 is 2.47 bits per heavy atom. The van der Waals surface area contributed by atoms with Crippen molar-refractivity contribution in [2.45, 2.75) is 19.6 Å². The zero-order valence-electron chi connectivity index (χ0n) is 18.8. The van der Waals surface area contributed by atoms with Crippen LogP contribution in [0, 0.1) is 6.92 Å². The van der Waals surface area contributed by atoms with Gasteiger partial charge < -0.3 is 9.47 Å². The zero-order valence-corrected chi connectivity index (χ0v) is 20.4. The summed E-state index contributed by atoms with van der Waals surface area (Å²) in [5.41, 5.74) is 3.77. The monoisotopic (exact) mass is 489 g/mol. The molecular formula is C27H23NO4S2. The number of amides is 1. The number of methoxy groups -OCH3 is 1. The van der Waals surface area contributed by atoms with E-state index in [9.17, 15) is 9.59 Å². The van der Waals surface area contributed by atoms with E-state index in [2.05, 4.69) is 6.07 Å². The SMILES string of the molecule is COC(=O)C(c1ccccc1)N1C(=O)/C(=C\c2ccc(OCc3cccc(C)c3)cc2)SC1=S. The smallest absolute Gasteiger partial charge is 0.333 e. The van der Waals surface area contributed by atoms with Crippen molar-refractivity contribution in [1.29, 1.82) is 0 Å². The van der Waals surface area contributed by atoms with E-state index in [1.54, 1.807) is 30.3 Å². The number of rotatable bonds is 7. The fraction of sp³-hybridized carbons (Fsp3) is 0.148. The fourth-order valence-electron chi connectivity index (χ4n) is 3.62. The first-order chi connectivity index (χ1) is 16.5. The molecule has 0 bridgehead atoms. The molecule has 1 aliphatic heterocycles. The molecule has 7 heteroatoms. The van der Waals surface area contributed by atoms with Crippen molar-refractivity contribution in [2.24, 2.45) is 0 Å². The van der Waals surface area contributed by atoms with Crippen molar-refractivity contribution in [3.05, 3.63) is 106 Å². The molecule has 172 valence electrons. The molecule has 4 rings (SSSR count). The number of benzene rings is 3. The number of hydrogen-bond acceptors (Lipinski definition) is 6. The Hall–Kier alpha value is -3.42. The molecule has 3 aromatic rings. The van der Waals surface area contributed by atoms with Gasteiger partial charge in [0.05, 0.1) is 12.0 Å². The summed E-state index contributed by atoms with van der Waals surface area (Å²) in [6.45, 7) is 2.53. The molecule has 0 aliphatic carbocycles. The first-order valence-corrected chi connectivity index (χ1v) is 11.9. The van der Waals surface area contributed by atoms with Crippen molar-refractivity contribution in [3.8, 4) is 5.75 Å². The molecule has 1 saturated heterocycles. The maximum Gasteiger partial charge on any atom is 0.333 e. The zero-order chi connectivity index (χ0) is 24.1. The maximum atomic E-state index is 13.2. The van der Waals surface area contributed by atoms with Gasteiger partial charge in [-0.25, -0.2) is 4.79 Å². The first-order valence-electron chi connectivity index (χ1n) is 10.6. The van der Waals surface area contributed by atoms with E-state index in [1.165, 1.54) is 29.3 Å².